The lowest BCUT2D eigenvalue weighted by atomic mass is 9.78. The van der Waals surface area contributed by atoms with Crippen molar-refractivity contribution in [3.63, 3.8) is 0 Å². The van der Waals surface area contributed by atoms with Crippen LogP contribution < -0.4 is 5.32 Å². The zero-order chi connectivity index (χ0) is 17.1. The van der Waals surface area contributed by atoms with Gasteiger partial charge in [-0.15, -0.1) is 0 Å². The Morgan fingerprint density at radius 3 is 1.74 bits per heavy atom. The monoisotopic (exact) mass is 327 g/mol. The van der Waals surface area contributed by atoms with Crippen molar-refractivity contribution >= 4 is 14.0 Å². The Kier molecular flexibility index (Phi) is 5.02. The van der Waals surface area contributed by atoms with Crippen LogP contribution in [0.1, 0.15) is 26.3 Å². The van der Waals surface area contributed by atoms with E-state index in [0.717, 1.165) is 5.69 Å². The average Bonchev–Trinajstić information content (AvgIpc) is 2.46. The molecule has 0 aliphatic heterocycles. The van der Waals surface area contributed by atoms with Gasteiger partial charge in [-0.2, -0.15) is 0 Å². The van der Waals surface area contributed by atoms with Gasteiger partial charge in [-0.25, -0.2) is 0 Å². The van der Waals surface area contributed by atoms with Crippen LogP contribution in [0.4, 0.5) is 5.69 Å². The molecule has 0 fully saturated rings. The van der Waals surface area contributed by atoms with Gasteiger partial charge in [-0.3, -0.25) is 0 Å². The molecule has 0 saturated carbocycles. The Labute approximate surface area is 142 Å². The van der Waals surface area contributed by atoms with Crippen molar-refractivity contribution in [1.82, 2.24) is 0 Å². The van der Waals surface area contributed by atoms with Crippen LogP contribution in [-0.2, 0) is 9.96 Å². The molecule has 23 heavy (non-hydrogen) atoms. The fourth-order valence-corrected chi connectivity index (χ4v) is 4.75. The van der Waals surface area contributed by atoms with E-state index in [9.17, 15) is 0 Å². The zero-order valence-corrected chi connectivity index (χ0v) is 16.2. The molecule has 0 radical (unpaired) electrons. The van der Waals surface area contributed by atoms with Crippen molar-refractivity contribution in [3.8, 4) is 0 Å². The molecule has 0 bridgehead atoms. The smallest absolute Gasteiger partial charge is 0.184 e. The summed E-state index contributed by atoms with van der Waals surface area (Å²) in [6.07, 6.45) is 0. The molecule has 0 saturated heterocycles. The van der Waals surface area contributed by atoms with Crippen LogP contribution in [0.5, 0.6) is 0 Å². The summed E-state index contributed by atoms with van der Waals surface area (Å²) in [6, 6.07) is 20.9. The van der Waals surface area contributed by atoms with E-state index in [1.807, 2.05) is 6.07 Å². The summed E-state index contributed by atoms with van der Waals surface area (Å²) in [5.41, 5.74) is 1.64. The van der Waals surface area contributed by atoms with E-state index >= 15 is 0 Å². The van der Waals surface area contributed by atoms with Crippen LogP contribution in [0.2, 0.25) is 19.6 Å². The van der Waals surface area contributed by atoms with Crippen molar-refractivity contribution in [2.75, 3.05) is 5.32 Å². The van der Waals surface area contributed by atoms with E-state index in [2.05, 4.69) is 100 Å². The number of hydrogen-bond acceptors (Lipinski definition) is 2. The van der Waals surface area contributed by atoms with Crippen molar-refractivity contribution < 1.29 is 4.43 Å². The first-order valence-corrected chi connectivity index (χ1v) is 11.6. The lowest BCUT2D eigenvalue weighted by Gasteiger charge is -2.48. The maximum atomic E-state index is 6.59. The Bertz CT molecular complexity index is 619. The summed E-state index contributed by atoms with van der Waals surface area (Å²) in [4.78, 5) is 0. The third-order valence-corrected chi connectivity index (χ3v) is 5.41. The fraction of sp³-hybridized carbons (Fsp3) is 0.400. The van der Waals surface area contributed by atoms with Crippen LogP contribution in [0.15, 0.2) is 60.7 Å². The Morgan fingerprint density at radius 1 is 0.783 bits per heavy atom. The van der Waals surface area contributed by atoms with Gasteiger partial charge in [0.05, 0.1) is 11.1 Å². The van der Waals surface area contributed by atoms with Crippen molar-refractivity contribution in [2.24, 2.45) is 0 Å². The summed E-state index contributed by atoms with van der Waals surface area (Å²) < 4.78 is 6.59. The number of anilines is 1. The molecule has 1 N–H and O–H groups in total. The van der Waals surface area contributed by atoms with Gasteiger partial charge in [-0.05, 0) is 58.1 Å². The molecule has 0 spiro atoms. The number of hydrogen-bond donors (Lipinski definition) is 1. The highest BCUT2D eigenvalue weighted by atomic mass is 28.4. The lowest BCUT2D eigenvalue weighted by molar-refractivity contribution is 0.0328. The van der Waals surface area contributed by atoms with Crippen LogP contribution >= 0.6 is 0 Å². The molecule has 1 atom stereocenters. The maximum absolute atomic E-state index is 6.59. The molecular weight excluding hydrogens is 298 g/mol. The minimum absolute atomic E-state index is 0.337. The topological polar surface area (TPSA) is 21.3 Å². The second-order valence-corrected chi connectivity index (χ2v) is 12.1. The quantitative estimate of drug-likeness (QED) is 0.693. The summed E-state index contributed by atoms with van der Waals surface area (Å²) >= 11 is 0. The van der Waals surface area contributed by atoms with Crippen molar-refractivity contribution in [1.29, 1.82) is 0 Å². The summed E-state index contributed by atoms with van der Waals surface area (Å²) in [5.74, 6) is 0. The molecule has 2 aromatic rings. The van der Waals surface area contributed by atoms with Gasteiger partial charge < -0.3 is 9.74 Å². The number of rotatable bonds is 6. The number of nitrogens with one attached hydrogen (secondary N) is 1. The van der Waals surface area contributed by atoms with Gasteiger partial charge in [0.15, 0.2) is 8.32 Å². The number of para-hydroxylation sites is 1. The largest absolute Gasteiger partial charge is 0.410 e. The third kappa shape index (κ3) is 4.24. The molecule has 0 aromatic heterocycles. The first-order valence-electron chi connectivity index (χ1n) is 8.23. The molecule has 0 amide bonds. The molecule has 3 heteroatoms. The number of benzene rings is 2. The third-order valence-electron chi connectivity index (χ3n) is 4.28. The van der Waals surface area contributed by atoms with Gasteiger partial charge >= 0.3 is 0 Å². The van der Waals surface area contributed by atoms with Crippen LogP contribution in [0.3, 0.4) is 0 Å². The second kappa shape index (κ2) is 6.50. The van der Waals surface area contributed by atoms with E-state index < -0.39 is 8.32 Å². The van der Waals surface area contributed by atoms with Crippen LogP contribution in [0.25, 0.3) is 0 Å². The van der Waals surface area contributed by atoms with Crippen molar-refractivity contribution in [2.45, 2.75) is 51.6 Å². The van der Waals surface area contributed by atoms with E-state index in [-0.39, 0.29) is 11.1 Å². The predicted octanol–water partition coefficient (Wildman–Crippen LogP) is 5.64. The molecule has 0 heterocycles. The molecule has 0 aliphatic carbocycles. The van der Waals surface area contributed by atoms with Gasteiger partial charge in [0, 0.05) is 5.69 Å². The van der Waals surface area contributed by atoms with E-state index in [1.54, 1.807) is 0 Å². The molecule has 0 aliphatic rings. The molecule has 124 valence electrons. The standard InChI is InChI=1S/C20H29NOSi/c1-19(2,22-23(4,5)6)20(3,17-13-9-7-10-14-17)21-18-15-11-8-12-16-18/h7-16,21H,1-6H3. The van der Waals surface area contributed by atoms with Gasteiger partial charge in [0.25, 0.3) is 0 Å². The van der Waals surface area contributed by atoms with E-state index in [0.29, 0.717) is 0 Å². The minimum atomic E-state index is -1.69. The average molecular weight is 328 g/mol. The Balaban J connectivity index is 2.47. The zero-order valence-electron chi connectivity index (χ0n) is 15.2. The summed E-state index contributed by atoms with van der Waals surface area (Å²) in [6.45, 7) is 13.3. The Morgan fingerprint density at radius 2 is 1.26 bits per heavy atom. The van der Waals surface area contributed by atoms with Crippen LogP contribution in [0, 0.1) is 0 Å². The summed E-state index contributed by atoms with van der Waals surface area (Å²) in [7, 11) is -1.69. The fourth-order valence-electron chi connectivity index (χ4n) is 3.02. The molecular formula is C20H29NOSi. The van der Waals surface area contributed by atoms with Crippen LogP contribution in [-0.4, -0.2) is 13.9 Å². The first-order chi connectivity index (χ1) is 10.6. The minimum Gasteiger partial charge on any atom is -0.410 e. The van der Waals surface area contributed by atoms with E-state index in [1.165, 1.54) is 5.56 Å². The SMILES string of the molecule is CC(C)(O[Si](C)(C)C)C(C)(Nc1ccccc1)c1ccccc1. The molecule has 2 aromatic carbocycles. The Hall–Kier alpha value is -1.58. The second-order valence-electron chi connectivity index (χ2n) is 7.71. The molecule has 2 nitrogen and oxygen atoms in total. The van der Waals surface area contributed by atoms with Gasteiger partial charge in [0.1, 0.15) is 0 Å². The normalized spacial score (nSPS) is 15.0. The lowest BCUT2D eigenvalue weighted by Crippen LogP contribution is -2.56. The van der Waals surface area contributed by atoms with Gasteiger partial charge in [-0.1, -0.05) is 48.5 Å². The highest BCUT2D eigenvalue weighted by Crippen LogP contribution is 2.40. The van der Waals surface area contributed by atoms with Crippen molar-refractivity contribution in [3.05, 3.63) is 66.2 Å². The predicted molar refractivity (Wildman–Crippen MR) is 102 cm³/mol. The highest BCUT2D eigenvalue weighted by Gasteiger charge is 2.45. The molecule has 1 unspecified atom stereocenters. The van der Waals surface area contributed by atoms with Gasteiger partial charge in [0.2, 0.25) is 0 Å². The first kappa shape index (κ1) is 17.8. The molecule has 2 rings (SSSR count). The van der Waals surface area contributed by atoms with E-state index in [4.69, 9.17) is 4.43 Å². The summed E-state index contributed by atoms with van der Waals surface area (Å²) in [5, 5.41) is 3.73. The highest BCUT2D eigenvalue weighted by molar-refractivity contribution is 6.69. The maximum Gasteiger partial charge on any atom is 0.184 e.